The van der Waals surface area contributed by atoms with Crippen LogP contribution >= 0.6 is 28.7 Å². The molecule has 1 rings (SSSR count). The maximum atomic E-state index is 11.8. The van der Waals surface area contributed by atoms with Crippen LogP contribution in [0.15, 0.2) is 9.32 Å². The number of aromatic nitrogens is 1. The van der Waals surface area contributed by atoms with Gasteiger partial charge in [-0.15, -0.1) is 0 Å². The van der Waals surface area contributed by atoms with Gasteiger partial charge in [0.2, 0.25) is 5.69 Å². The molecular weight excluding hydrogens is 341 g/mol. The van der Waals surface area contributed by atoms with Gasteiger partial charge in [0.05, 0.1) is 13.2 Å². The van der Waals surface area contributed by atoms with E-state index in [1.807, 2.05) is 13.8 Å². The fraction of sp³-hybridized carbons (Fsp3) is 0.727. The van der Waals surface area contributed by atoms with E-state index < -0.39 is 5.69 Å². The Kier molecular flexibility index (Phi) is 7.87. The second kappa shape index (κ2) is 8.61. The third-order valence-corrected chi connectivity index (χ3v) is 7.81. The molecule has 0 spiro atoms. The van der Waals surface area contributed by atoms with E-state index in [1.165, 1.54) is 16.1 Å². The van der Waals surface area contributed by atoms with E-state index in [2.05, 4.69) is 0 Å². The van der Waals surface area contributed by atoms with E-state index in [0.29, 0.717) is 19.0 Å². The van der Waals surface area contributed by atoms with Crippen LogP contribution in [-0.2, 0) is 26.7 Å². The van der Waals surface area contributed by atoms with Crippen molar-refractivity contribution in [2.75, 3.05) is 13.2 Å². The minimum Gasteiger partial charge on any atom is -0.379 e. The molecule has 0 fully saturated rings. The first-order valence-corrected chi connectivity index (χ1v) is 10.9. The van der Waals surface area contributed by atoms with E-state index in [0.717, 1.165) is 12.8 Å². The molecule has 5 nitrogen and oxygen atoms in total. The average Bonchev–Trinajstić information content (AvgIpc) is 2.68. The van der Waals surface area contributed by atoms with E-state index in [4.69, 9.17) is 37.0 Å². The number of nitrogens with zero attached hydrogens (tertiary/aromatic N) is 1. The minimum absolute atomic E-state index is 0.0999. The van der Waals surface area contributed by atoms with Gasteiger partial charge in [-0.2, -0.15) is 4.74 Å². The lowest BCUT2D eigenvalue weighted by Crippen LogP contribution is -2.13. The summed E-state index contributed by atoms with van der Waals surface area (Å²) in [5.74, 6) is 0.631. The summed E-state index contributed by atoms with van der Waals surface area (Å²) in [4.78, 5) is 11.8. The molecule has 1 aromatic heterocycles. The first-order valence-electron chi connectivity index (χ1n) is 6.33. The van der Waals surface area contributed by atoms with Crippen LogP contribution in [0.1, 0.15) is 32.4 Å². The van der Waals surface area contributed by atoms with Gasteiger partial charge in [-0.3, -0.25) is 4.79 Å². The summed E-state index contributed by atoms with van der Waals surface area (Å²) in [5.41, 5.74) is -2.81. The highest BCUT2D eigenvalue weighted by molar-refractivity contribution is 8.67. The highest BCUT2D eigenvalue weighted by Gasteiger charge is 2.22. The summed E-state index contributed by atoms with van der Waals surface area (Å²) < 4.78 is 17.7. The zero-order chi connectivity index (χ0) is 15.2. The third kappa shape index (κ3) is 5.20. The van der Waals surface area contributed by atoms with Crippen LogP contribution in [0.25, 0.3) is 0 Å². The molecule has 1 heterocycles. The predicted molar refractivity (Wildman–Crippen MR) is 87.1 cm³/mol. The minimum atomic E-state index is -2.46. The molecule has 0 saturated carbocycles. The van der Waals surface area contributed by atoms with Gasteiger partial charge >= 0.3 is 5.56 Å². The molecule has 0 saturated heterocycles. The van der Waals surface area contributed by atoms with Crippen molar-refractivity contribution in [2.24, 2.45) is 0 Å². The largest absolute Gasteiger partial charge is 0.379 e. The Morgan fingerprint density at radius 2 is 1.90 bits per heavy atom. The van der Waals surface area contributed by atoms with Gasteiger partial charge in [0.1, 0.15) is 10.9 Å². The molecule has 0 bridgehead atoms. The van der Waals surface area contributed by atoms with Crippen molar-refractivity contribution >= 4 is 40.5 Å². The summed E-state index contributed by atoms with van der Waals surface area (Å²) in [6, 6.07) is 0. The molecule has 20 heavy (non-hydrogen) atoms. The molecule has 116 valence electrons. The van der Waals surface area contributed by atoms with Gasteiger partial charge in [0.25, 0.3) is 0 Å². The van der Waals surface area contributed by atoms with Crippen molar-refractivity contribution in [2.45, 2.75) is 39.5 Å². The Morgan fingerprint density at radius 1 is 1.35 bits per heavy atom. The number of hydrogen-bond acceptors (Lipinski definition) is 6. The lowest BCUT2D eigenvalue weighted by atomic mass is 10.5. The lowest BCUT2D eigenvalue weighted by molar-refractivity contribution is 0.258. The monoisotopic (exact) mass is 359 g/mol. The summed E-state index contributed by atoms with van der Waals surface area (Å²) in [6.07, 6.45) is 1.72. The van der Waals surface area contributed by atoms with E-state index in [-0.39, 0.29) is 16.5 Å². The molecule has 9 heteroatoms. The van der Waals surface area contributed by atoms with Gasteiger partial charge in [-0.25, -0.2) is 0 Å². The van der Waals surface area contributed by atoms with Crippen LogP contribution in [0.2, 0.25) is 5.02 Å². The SMILES string of the molecule is CCCOP(=S)(OCCC)SCn1oc(C)c(Cl)c1=O. The van der Waals surface area contributed by atoms with Crippen molar-refractivity contribution in [3.05, 3.63) is 21.1 Å². The van der Waals surface area contributed by atoms with Crippen molar-refractivity contribution in [1.82, 2.24) is 4.74 Å². The van der Waals surface area contributed by atoms with Crippen LogP contribution in [-0.4, -0.2) is 18.0 Å². The molecule has 0 aliphatic carbocycles. The second-order valence-corrected chi connectivity index (χ2v) is 10.7. The van der Waals surface area contributed by atoms with Crippen LogP contribution in [0, 0.1) is 6.92 Å². The normalized spacial score (nSPS) is 12.0. The van der Waals surface area contributed by atoms with E-state index in [1.54, 1.807) is 6.92 Å². The number of rotatable bonds is 9. The second-order valence-electron chi connectivity index (χ2n) is 4.02. The Balaban J connectivity index is 2.72. The summed E-state index contributed by atoms with van der Waals surface area (Å²) >= 11 is 12.5. The molecule has 0 N–H and O–H groups in total. The Hall–Kier alpha value is 0.220. The first kappa shape index (κ1) is 18.3. The average molecular weight is 360 g/mol. The topological polar surface area (TPSA) is 53.6 Å². The van der Waals surface area contributed by atoms with Gasteiger partial charge in [-0.1, -0.05) is 25.4 Å². The molecule has 0 aliphatic heterocycles. The summed E-state index contributed by atoms with van der Waals surface area (Å²) in [5, 5.41) is 0.0999. The van der Waals surface area contributed by atoms with Gasteiger partial charge in [0, 0.05) is 0 Å². The number of halogens is 1. The Bertz CT molecular complexity index is 519. The quantitative estimate of drug-likeness (QED) is 0.617. The zero-order valence-corrected chi connectivity index (χ0v) is 15.0. The highest BCUT2D eigenvalue weighted by atomic mass is 35.5. The van der Waals surface area contributed by atoms with Crippen molar-refractivity contribution in [3.63, 3.8) is 0 Å². The first-order chi connectivity index (χ1) is 9.43. The van der Waals surface area contributed by atoms with Gasteiger partial charge in [0.15, 0.2) is 5.76 Å². The molecular formula is C11H19ClNO4PS2. The fourth-order valence-electron chi connectivity index (χ4n) is 1.23. The maximum Gasteiger partial charge on any atom is 0.302 e. The van der Waals surface area contributed by atoms with E-state index >= 15 is 0 Å². The van der Waals surface area contributed by atoms with E-state index in [9.17, 15) is 4.79 Å². The van der Waals surface area contributed by atoms with Crippen LogP contribution in [0.5, 0.6) is 0 Å². The smallest absolute Gasteiger partial charge is 0.302 e. The fourth-order valence-corrected chi connectivity index (χ4v) is 5.32. The molecule has 0 unspecified atom stereocenters. The molecule has 1 aromatic rings. The molecule has 0 atom stereocenters. The molecule has 0 aromatic carbocycles. The van der Waals surface area contributed by atoms with Crippen LogP contribution in [0.3, 0.4) is 0 Å². The molecule has 0 amide bonds. The lowest BCUT2D eigenvalue weighted by Gasteiger charge is -2.20. The Labute approximate surface area is 132 Å². The van der Waals surface area contributed by atoms with Crippen LogP contribution < -0.4 is 5.56 Å². The predicted octanol–water partition coefficient (Wildman–Crippen LogP) is 4.17. The zero-order valence-electron chi connectivity index (χ0n) is 11.8. The van der Waals surface area contributed by atoms with Gasteiger partial charge < -0.3 is 13.6 Å². The molecule has 0 aliphatic rings. The molecule has 0 radical (unpaired) electrons. The third-order valence-electron chi connectivity index (χ3n) is 2.21. The van der Waals surface area contributed by atoms with Gasteiger partial charge in [-0.05, 0) is 43.0 Å². The number of hydrogen-bond donors (Lipinski definition) is 0. The Morgan fingerprint density at radius 3 is 2.30 bits per heavy atom. The van der Waals surface area contributed by atoms with Crippen molar-refractivity contribution in [1.29, 1.82) is 0 Å². The number of aryl methyl sites for hydroxylation is 1. The summed E-state index contributed by atoms with van der Waals surface area (Å²) in [6.45, 7) is 6.73. The van der Waals surface area contributed by atoms with Crippen LogP contribution in [0.4, 0.5) is 0 Å². The van der Waals surface area contributed by atoms with Crippen molar-refractivity contribution in [3.8, 4) is 0 Å². The summed E-state index contributed by atoms with van der Waals surface area (Å²) in [7, 11) is 0. The highest BCUT2D eigenvalue weighted by Crippen LogP contribution is 2.61. The van der Waals surface area contributed by atoms with Crippen molar-refractivity contribution < 1.29 is 13.6 Å². The maximum absolute atomic E-state index is 11.8. The standard InChI is InChI=1S/C11H19ClNO4PS2/c1-4-6-15-18(19,16-7-5-2)20-8-13-11(14)10(12)9(3)17-13/h4-8H2,1-3H3.